The number of allylic oxidation sites excluding steroid dienone is 2. The van der Waals surface area contributed by atoms with Gasteiger partial charge in [-0.2, -0.15) is 0 Å². The average molecular weight is 479 g/mol. The van der Waals surface area contributed by atoms with Gasteiger partial charge in [0.2, 0.25) is 0 Å². The fourth-order valence-corrected chi connectivity index (χ4v) is 4.84. The van der Waals surface area contributed by atoms with Gasteiger partial charge < -0.3 is 20.4 Å². The highest BCUT2D eigenvalue weighted by atomic mass is 28.3. The maximum Gasteiger partial charge on any atom is 0.303 e. The molecule has 1 aliphatic rings. The number of aliphatic hydroxyl groups excluding tert-OH is 2. The number of carboxylic acid groups (broad SMARTS) is 1. The maximum absolute atomic E-state index is 11.2. The van der Waals surface area contributed by atoms with Crippen LogP contribution in [0.4, 0.5) is 0 Å². The highest BCUT2D eigenvalue weighted by molar-refractivity contribution is 6.83. The van der Waals surface area contributed by atoms with E-state index in [1.165, 1.54) is 0 Å². The first-order valence-corrected chi connectivity index (χ1v) is 16.1. The Kier molecular flexibility index (Phi) is 13.3. The van der Waals surface area contributed by atoms with E-state index in [9.17, 15) is 20.1 Å². The standard InChI is InChI=1S/C27H46O5Si/c1-5-6-7-12-17-27(32,19-20-33(2,3)4)18-13-15-23-22(24(28)21-25(23)29)14-10-8-9-11-16-26(30)31/h8,10,13,15,22-25,28-29,32H,5-7,9,11-12,14,16-18,21H2,1-4H3,(H,30,31)/b10-8-,15-13+/t22-,23-,24-,25-,27?/m1/s1. The van der Waals surface area contributed by atoms with E-state index in [4.69, 9.17) is 5.11 Å². The van der Waals surface area contributed by atoms with Crippen molar-refractivity contribution in [3.8, 4) is 11.5 Å². The molecule has 33 heavy (non-hydrogen) atoms. The molecule has 0 amide bonds. The Morgan fingerprint density at radius 1 is 1.06 bits per heavy atom. The van der Waals surface area contributed by atoms with Crippen LogP contribution >= 0.6 is 0 Å². The minimum atomic E-state index is -1.61. The Morgan fingerprint density at radius 2 is 1.79 bits per heavy atom. The summed E-state index contributed by atoms with van der Waals surface area (Å²) in [4.78, 5) is 10.6. The van der Waals surface area contributed by atoms with E-state index in [1.54, 1.807) is 0 Å². The summed E-state index contributed by atoms with van der Waals surface area (Å²) in [5, 5.41) is 40.9. The van der Waals surface area contributed by atoms with Gasteiger partial charge in [0.05, 0.1) is 12.2 Å². The highest BCUT2D eigenvalue weighted by Crippen LogP contribution is 2.36. The minimum absolute atomic E-state index is 0.0855. The molecule has 0 bridgehead atoms. The van der Waals surface area contributed by atoms with Crippen LogP contribution in [0.25, 0.3) is 0 Å². The number of hydrogen-bond donors (Lipinski definition) is 4. The van der Waals surface area contributed by atoms with Crippen LogP contribution in [-0.2, 0) is 4.79 Å². The van der Waals surface area contributed by atoms with Gasteiger partial charge in [-0.3, -0.25) is 4.79 Å². The Bertz CT molecular complexity index is 700. The number of aliphatic carboxylic acids is 1. The lowest BCUT2D eigenvalue weighted by molar-refractivity contribution is -0.137. The SMILES string of the molecule is CCCCCCC(O)(C#C[Si](C)(C)C)C/C=C/[C@@H]1[C@@H](C/C=C\CCCC(=O)O)[C@H](O)C[C@H]1O. The van der Waals surface area contributed by atoms with Crippen LogP contribution in [0.5, 0.6) is 0 Å². The first-order chi connectivity index (χ1) is 15.5. The largest absolute Gasteiger partial charge is 0.481 e. The van der Waals surface area contributed by atoms with Crippen LogP contribution in [-0.4, -0.2) is 52.3 Å². The maximum atomic E-state index is 11.2. The summed E-state index contributed by atoms with van der Waals surface area (Å²) in [6, 6.07) is 0. The van der Waals surface area contributed by atoms with Gasteiger partial charge in [-0.05, 0) is 38.0 Å². The second-order valence-electron chi connectivity index (χ2n) is 10.6. The predicted octanol–water partition coefficient (Wildman–Crippen LogP) is 5.07. The van der Waals surface area contributed by atoms with Gasteiger partial charge in [0, 0.05) is 25.2 Å². The summed E-state index contributed by atoms with van der Waals surface area (Å²) in [7, 11) is -1.61. The molecule has 0 aromatic heterocycles. The molecule has 0 saturated heterocycles. The summed E-state index contributed by atoms with van der Waals surface area (Å²) >= 11 is 0. The summed E-state index contributed by atoms with van der Waals surface area (Å²) in [5.74, 6) is 2.14. The lowest BCUT2D eigenvalue weighted by Gasteiger charge is -2.23. The van der Waals surface area contributed by atoms with Gasteiger partial charge in [-0.25, -0.2) is 0 Å². The van der Waals surface area contributed by atoms with Crippen LogP contribution in [0.3, 0.4) is 0 Å². The summed E-state index contributed by atoms with van der Waals surface area (Å²) < 4.78 is 0. The molecule has 6 heteroatoms. The van der Waals surface area contributed by atoms with Crippen molar-refractivity contribution in [3.63, 3.8) is 0 Å². The average Bonchev–Trinajstić information content (AvgIpc) is 2.98. The van der Waals surface area contributed by atoms with Crippen molar-refractivity contribution >= 4 is 14.0 Å². The molecule has 1 fully saturated rings. The molecule has 1 unspecified atom stereocenters. The van der Waals surface area contributed by atoms with Crippen molar-refractivity contribution in [2.45, 2.75) is 115 Å². The van der Waals surface area contributed by atoms with Crippen LogP contribution in [0.1, 0.15) is 77.6 Å². The summed E-state index contributed by atoms with van der Waals surface area (Å²) in [6.07, 6.45) is 14.5. The van der Waals surface area contributed by atoms with Gasteiger partial charge in [0.25, 0.3) is 0 Å². The van der Waals surface area contributed by atoms with Crippen LogP contribution in [0.2, 0.25) is 19.6 Å². The van der Waals surface area contributed by atoms with Gasteiger partial charge in [-0.15, -0.1) is 5.54 Å². The van der Waals surface area contributed by atoms with Gasteiger partial charge >= 0.3 is 5.97 Å². The smallest absolute Gasteiger partial charge is 0.303 e. The molecule has 0 heterocycles. The number of carboxylic acids is 1. The second-order valence-corrected chi connectivity index (χ2v) is 15.3. The molecule has 5 atom stereocenters. The normalized spacial score (nSPS) is 25.3. The van der Waals surface area contributed by atoms with E-state index >= 15 is 0 Å². The Labute approximate surface area is 202 Å². The second kappa shape index (κ2) is 14.8. The topological polar surface area (TPSA) is 98.0 Å². The lowest BCUT2D eigenvalue weighted by atomic mass is 9.88. The highest BCUT2D eigenvalue weighted by Gasteiger charge is 2.39. The molecular weight excluding hydrogens is 432 g/mol. The van der Waals surface area contributed by atoms with Crippen molar-refractivity contribution in [1.82, 2.24) is 0 Å². The molecule has 0 spiro atoms. The van der Waals surface area contributed by atoms with E-state index in [-0.39, 0.29) is 18.3 Å². The van der Waals surface area contributed by atoms with Crippen LogP contribution in [0, 0.1) is 23.3 Å². The van der Waals surface area contributed by atoms with Gasteiger partial charge in [-0.1, -0.05) is 76.1 Å². The molecular formula is C27H46O5Si. The lowest BCUT2D eigenvalue weighted by Crippen LogP contribution is -2.28. The first-order valence-electron chi connectivity index (χ1n) is 12.6. The van der Waals surface area contributed by atoms with Gasteiger partial charge in [0.15, 0.2) is 0 Å². The van der Waals surface area contributed by atoms with Crippen molar-refractivity contribution in [1.29, 1.82) is 0 Å². The van der Waals surface area contributed by atoms with Crippen molar-refractivity contribution < 1.29 is 25.2 Å². The molecule has 0 aromatic carbocycles. The third-order valence-electron chi connectivity index (χ3n) is 6.18. The van der Waals surface area contributed by atoms with E-state index in [0.29, 0.717) is 38.5 Å². The van der Waals surface area contributed by atoms with E-state index in [0.717, 1.165) is 25.7 Å². The van der Waals surface area contributed by atoms with Crippen molar-refractivity contribution in [3.05, 3.63) is 24.3 Å². The van der Waals surface area contributed by atoms with E-state index in [1.807, 2.05) is 24.3 Å². The van der Waals surface area contributed by atoms with Gasteiger partial charge in [0.1, 0.15) is 13.7 Å². The molecule has 1 aliphatic carbocycles. The molecule has 188 valence electrons. The third-order valence-corrected chi connectivity index (χ3v) is 7.06. The number of unbranched alkanes of at least 4 members (excludes halogenated alkanes) is 4. The zero-order chi connectivity index (χ0) is 24.9. The van der Waals surface area contributed by atoms with Crippen LogP contribution < -0.4 is 0 Å². The number of rotatable bonds is 14. The zero-order valence-corrected chi connectivity index (χ0v) is 22.1. The molecule has 0 aromatic rings. The van der Waals surface area contributed by atoms with Crippen molar-refractivity contribution in [2.75, 3.05) is 0 Å². The molecule has 4 N–H and O–H groups in total. The fourth-order valence-electron chi connectivity index (χ4n) is 4.23. The summed E-state index contributed by atoms with van der Waals surface area (Å²) in [5.41, 5.74) is 2.28. The van der Waals surface area contributed by atoms with Crippen molar-refractivity contribution in [2.24, 2.45) is 11.8 Å². The predicted molar refractivity (Wildman–Crippen MR) is 137 cm³/mol. The molecule has 5 nitrogen and oxygen atoms in total. The number of carbonyl (C=O) groups is 1. The Morgan fingerprint density at radius 3 is 2.42 bits per heavy atom. The molecule has 1 rings (SSSR count). The summed E-state index contributed by atoms with van der Waals surface area (Å²) in [6.45, 7) is 8.68. The molecule has 0 radical (unpaired) electrons. The zero-order valence-electron chi connectivity index (χ0n) is 21.1. The quantitative estimate of drug-likeness (QED) is 0.121. The minimum Gasteiger partial charge on any atom is -0.481 e. The Balaban J connectivity index is 2.77. The Hall–Kier alpha value is -1.39. The first kappa shape index (κ1) is 29.6. The van der Waals surface area contributed by atoms with Crippen LogP contribution in [0.15, 0.2) is 24.3 Å². The molecule has 0 aliphatic heterocycles. The number of aliphatic hydroxyl groups is 3. The molecule has 1 saturated carbocycles. The van der Waals surface area contributed by atoms with E-state index in [2.05, 4.69) is 38.0 Å². The van der Waals surface area contributed by atoms with E-state index < -0.39 is 31.9 Å². The third kappa shape index (κ3) is 12.6. The number of hydrogen-bond acceptors (Lipinski definition) is 4. The fraction of sp³-hybridized carbons (Fsp3) is 0.741. The monoisotopic (exact) mass is 478 g/mol.